The Kier molecular flexibility index (Phi) is 6.15. The van der Waals surface area contributed by atoms with E-state index >= 15 is 0 Å². The van der Waals surface area contributed by atoms with Crippen LogP contribution in [0.3, 0.4) is 0 Å². The number of nitrogens with one attached hydrogen (secondary N) is 1. The monoisotopic (exact) mass is 302 g/mol. The van der Waals surface area contributed by atoms with Crippen LogP contribution in [0.1, 0.15) is 24.3 Å². The van der Waals surface area contributed by atoms with Gasteiger partial charge in [-0.05, 0) is 25.5 Å². The fourth-order valence-corrected chi connectivity index (χ4v) is 2.13. The second kappa shape index (κ2) is 8.34. The van der Waals surface area contributed by atoms with Crippen molar-refractivity contribution in [2.45, 2.75) is 26.2 Å². The molecule has 0 aliphatic heterocycles. The number of methoxy groups -OCH3 is 1. The van der Waals surface area contributed by atoms with Gasteiger partial charge in [-0.3, -0.25) is 4.79 Å². The summed E-state index contributed by atoms with van der Waals surface area (Å²) in [6, 6.07) is 9.76. The zero-order chi connectivity index (χ0) is 15.8. The molecule has 0 unspecified atom stereocenters. The van der Waals surface area contributed by atoms with E-state index in [1.165, 1.54) is 0 Å². The number of ether oxygens (including phenoxy) is 1. The Morgan fingerprint density at radius 1 is 1.32 bits per heavy atom. The molecule has 5 nitrogen and oxygen atoms in total. The average Bonchev–Trinajstić information content (AvgIpc) is 2.91. The molecule has 1 aromatic heterocycles. The van der Waals surface area contributed by atoms with Gasteiger partial charge in [-0.2, -0.15) is 0 Å². The number of nitrogens with zero attached hydrogens (tertiary/aromatic N) is 1. The molecule has 1 amide bonds. The van der Waals surface area contributed by atoms with E-state index in [4.69, 9.17) is 9.15 Å². The highest BCUT2D eigenvalue weighted by atomic mass is 16.5. The lowest BCUT2D eigenvalue weighted by atomic mass is 10.2. The molecule has 1 aromatic carbocycles. The van der Waals surface area contributed by atoms with Crippen LogP contribution < -0.4 is 5.32 Å². The van der Waals surface area contributed by atoms with E-state index in [-0.39, 0.29) is 5.91 Å². The molecule has 22 heavy (non-hydrogen) atoms. The van der Waals surface area contributed by atoms with Gasteiger partial charge in [0.15, 0.2) is 0 Å². The normalized spacial score (nSPS) is 10.6. The third-order valence-electron chi connectivity index (χ3n) is 3.35. The largest absolute Gasteiger partial charge is 0.441 e. The van der Waals surface area contributed by atoms with Crippen LogP contribution in [-0.4, -0.2) is 31.2 Å². The van der Waals surface area contributed by atoms with Crippen molar-refractivity contribution in [3.63, 3.8) is 0 Å². The van der Waals surface area contributed by atoms with Crippen molar-refractivity contribution in [2.75, 3.05) is 20.3 Å². The number of carbonyl (C=O) groups excluding carboxylic acids is 1. The van der Waals surface area contributed by atoms with E-state index in [1.807, 2.05) is 37.3 Å². The van der Waals surface area contributed by atoms with Crippen molar-refractivity contribution in [1.29, 1.82) is 0 Å². The topological polar surface area (TPSA) is 64.4 Å². The first-order valence-corrected chi connectivity index (χ1v) is 7.48. The number of benzene rings is 1. The molecule has 1 heterocycles. The minimum absolute atomic E-state index is 0.0276. The van der Waals surface area contributed by atoms with Crippen molar-refractivity contribution < 1.29 is 13.9 Å². The third kappa shape index (κ3) is 4.70. The molecule has 2 aromatic rings. The molecule has 1 N–H and O–H groups in total. The summed E-state index contributed by atoms with van der Waals surface area (Å²) in [4.78, 5) is 16.3. The molecule has 0 saturated heterocycles. The van der Waals surface area contributed by atoms with Crippen molar-refractivity contribution in [1.82, 2.24) is 10.3 Å². The van der Waals surface area contributed by atoms with Gasteiger partial charge in [-0.25, -0.2) is 4.98 Å². The van der Waals surface area contributed by atoms with Crippen LogP contribution in [0.25, 0.3) is 11.5 Å². The number of aryl methyl sites for hydroxylation is 2. The van der Waals surface area contributed by atoms with Crippen LogP contribution in [0.4, 0.5) is 0 Å². The van der Waals surface area contributed by atoms with Gasteiger partial charge in [0, 0.05) is 38.7 Å². The van der Waals surface area contributed by atoms with Gasteiger partial charge in [0.1, 0.15) is 5.76 Å². The number of hydrogen-bond donors (Lipinski definition) is 1. The molecule has 0 bridgehead atoms. The van der Waals surface area contributed by atoms with E-state index in [0.717, 1.165) is 23.4 Å². The number of hydrogen-bond acceptors (Lipinski definition) is 4. The third-order valence-corrected chi connectivity index (χ3v) is 3.35. The Bertz CT molecular complexity index is 593. The maximum absolute atomic E-state index is 11.8. The lowest BCUT2D eigenvalue weighted by Gasteiger charge is -2.03. The van der Waals surface area contributed by atoms with Crippen molar-refractivity contribution in [3.05, 3.63) is 41.8 Å². The Labute approximate surface area is 130 Å². The molecule has 0 atom stereocenters. The van der Waals surface area contributed by atoms with Gasteiger partial charge in [-0.1, -0.05) is 18.2 Å². The predicted molar refractivity (Wildman–Crippen MR) is 84.5 cm³/mol. The minimum atomic E-state index is 0.0276. The molecule has 0 spiro atoms. The van der Waals surface area contributed by atoms with E-state index in [9.17, 15) is 4.79 Å². The van der Waals surface area contributed by atoms with Crippen molar-refractivity contribution in [2.24, 2.45) is 0 Å². The van der Waals surface area contributed by atoms with Gasteiger partial charge in [0.25, 0.3) is 0 Å². The molecule has 0 aliphatic carbocycles. The second-order valence-electron chi connectivity index (χ2n) is 5.08. The molecule has 118 valence electrons. The number of oxazole rings is 1. The summed E-state index contributed by atoms with van der Waals surface area (Å²) in [5.41, 5.74) is 1.78. The number of aromatic nitrogens is 1. The maximum Gasteiger partial charge on any atom is 0.226 e. The first-order valence-electron chi connectivity index (χ1n) is 7.48. The Morgan fingerprint density at radius 2 is 2.09 bits per heavy atom. The lowest BCUT2D eigenvalue weighted by molar-refractivity contribution is -0.121. The molecule has 0 fully saturated rings. The van der Waals surface area contributed by atoms with Crippen LogP contribution in [0.2, 0.25) is 0 Å². The number of rotatable bonds is 8. The Balaban J connectivity index is 1.86. The number of carbonyl (C=O) groups is 1. The van der Waals surface area contributed by atoms with Crippen LogP contribution in [-0.2, 0) is 16.0 Å². The molecule has 0 saturated carbocycles. The minimum Gasteiger partial charge on any atom is -0.441 e. The summed E-state index contributed by atoms with van der Waals surface area (Å²) in [5, 5.41) is 2.87. The summed E-state index contributed by atoms with van der Waals surface area (Å²) < 4.78 is 10.6. The Morgan fingerprint density at radius 3 is 2.82 bits per heavy atom. The van der Waals surface area contributed by atoms with Gasteiger partial charge < -0.3 is 14.5 Å². The van der Waals surface area contributed by atoms with E-state index in [0.29, 0.717) is 31.9 Å². The van der Waals surface area contributed by atoms with Crippen LogP contribution in [0, 0.1) is 6.92 Å². The summed E-state index contributed by atoms with van der Waals surface area (Å²) in [7, 11) is 1.65. The summed E-state index contributed by atoms with van der Waals surface area (Å²) in [5.74, 6) is 1.40. The van der Waals surface area contributed by atoms with E-state index < -0.39 is 0 Å². The first-order chi connectivity index (χ1) is 10.7. The highest BCUT2D eigenvalue weighted by Crippen LogP contribution is 2.21. The summed E-state index contributed by atoms with van der Waals surface area (Å²) in [6.07, 6.45) is 1.82. The quantitative estimate of drug-likeness (QED) is 0.762. The Hall–Kier alpha value is -2.14. The smallest absolute Gasteiger partial charge is 0.226 e. The standard InChI is InChI=1S/C17H22N2O3/c1-13-15(9-10-16(20)18-11-6-12-21-2)19-17(22-13)14-7-4-3-5-8-14/h3-5,7-8H,6,9-12H2,1-2H3,(H,18,20). The van der Waals surface area contributed by atoms with E-state index in [1.54, 1.807) is 7.11 Å². The van der Waals surface area contributed by atoms with Gasteiger partial charge >= 0.3 is 0 Å². The fraction of sp³-hybridized carbons (Fsp3) is 0.412. The molecule has 2 rings (SSSR count). The lowest BCUT2D eigenvalue weighted by Crippen LogP contribution is -2.25. The van der Waals surface area contributed by atoms with Crippen molar-refractivity contribution >= 4 is 5.91 Å². The SMILES string of the molecule is COCCCNC(=O)CCc1nc(-c2ccccc2)oc1C. The molecule has 0 radical (unpaired) electrons. The summed E-state index contributed by atoms with van der Waals surface area (Å²) >= 11 is 0. The molecule has 0 aliphatic rings. The highest BCUT2D eigenvalue weighted by molar-refractivity contribution is 5.76. The van der Waals surface area contributed by atoms with Crippen LogP contribution in [0.5, 0.6) is 0 Å². The van der Waals surface area contributed by atoms with Crippen LogP contribution >= 0.6 is 0 Å². The molecule has 5 heteroatoms. The highest BCUT2D eigenvalue weighted by Gasteiger charge is 2.12. The fourth-order valence-electron chi connectivity index (χ4n) is 2.13. The van der Waals surface area contributed by atoms with Gasteiger partial charge in [0.2, 0.25) is 11.8 Å². The predicted octanol–water partition coefficient (Wildman–Crippen LogP) is 2.74. The first kappa shape index (κ1) is 16.2. The zero-order valence-corrected chi connectivity index (χ0v) is 13.1. The summed E-state index contributed by atoms with van der Waals surface area (Å²) in [6.45, 7) is 3.17. The van der Waals surface area contributed by atoms with Crippen LogP contribution in [0.15, 0.2) is 34.7 Å². The maximum atomic E-state index is 11.8. The van der Waals surface area contributed by atoms with Gasteiger partial charge in [0.05, 0.1) is 5.69 Å². The average molecular weight is 302 g/mol. The van der Waals surface area contributed by atoms with E-state index in [2.05, 4.69) is 10.3 Å². The second-order valence-corrected chi connectivity index (χ2v) is 5.08. The molecular weight excluding hydrogens is 280 g/mol. The number of amides is 1. The van der Waals surface area contributed by atoms with Gasteiger partial charge in [-0.15, -0.1) is 0 Å². The van der Waals surface area contributed by atoms with Crippen molar-refractivity contribution in [3.8, 4) is 11.5 Å². The molecular formula is C17H22N2O3. The zero-order valence-electron chi connectivity index (χ0n) is 13.1.